The number of furan rings is 1. The van der Waals surface area contributed by atoms with E-state index in [1.807, 2.05) is 164 Å². The van der Waals surface area contributed by atoms with Gasteiger partial charge in [-0.25, -0.2) is 15.0 Å². The number of aromatic nitrogens is 11. The van der Waals surface area contributed by atoms with Crippen LogP contribution >= 0.6 is 22.7 Å². The third-order valence-corrected chi connectivity index (χ3v) is 12.5. The smallest absolute Gasteiger partial charge is 0.225 e. The molecular weight excluding hydrogens is 1110 g/mol. The zero-order chi connectivity index (χ0) is 62.2. The summed E-state index contributed by atoms with van der Waals surface area (Å²) in [5.41, 5.74) is 17.4. The number of benzene rings is 3. The van der Waals surface area contributed by atoms with Gasteiger partial charge in [-0.3, -0.25) is 35.3 Å². The number of nitrogens with one attached hydrogen (secondary N) is 1. The molecule has 3 N–H and O–H groups in total. The van der Waals surface area contributed by atoms with Gasteiger partial charge in [-0.05, 0) is 206 Å². The normalized spacial score (nSPS) is 9.43. The third kappa shape index (κ3) is 30.8. The van der Waals surface area contributed by atoms with Gasteiger partial charge in [0.25, 0.3) is 0 Å². The summed E-state index contributed by atoms with van der Waals surface area (Å²) in [6.07, 6.45) is 25.3. The number of aryl methyl sites for hydroxylation is 11. The summed E-state index contributed by atoms with van der Waals surface area (Å²) in [6.45, 7) is 22.1. The van der Waals surface area contributed by atoms with Gasteiger partial charge in [0.1, 0.15) is 11.3 Å². The Bertz CT molecular complexity index is 3530. The van der Waals surface area contributed by atoms with Crippen LogP contribution in [0.5, 0.6) is 0 Å². The zero-order valence-electron chi connectivity index (χ0n) is 50.7. The average molecular weight is 1190 g/mol. The van der Waals surface area contributed by atoms with E-state index >= 15 is 0 Å². The number of aromatic amines is 1. The van der Waals surface area contributed by atoms with E-state index in [0.29, 0.717) is 0 Å². The van der Waals surface area contributed by atoms with Crippen molar-refractivity contribution in [3.8, 4) is 0 Å². The van der Waals surface area contributed by atoms with Gasteiger partial charge in [0.2, 0.25) is 24.8 Å². The zero-order valence-corrected chi connectivity index (χ0v) is 52.3. The fourth-order valence-electron chi connectivity index (χ4n) is 6.46. The first-order valence-corrected chi connectivity index (χ1v) is 29.0. The number of oxazole rings is 1. The number of fused-ring (bicyclic) bond motifs is 3. The summed E-state index contributed by atoms with van der Waals surface area (Å²) in [4.78, 5) is 36.2. The molecule has 0 atom stereocenters. The first-order valence-electron chi connectivity index (χ1n) is 27.2. The summed E-state index contributed by atoms with van der Waals surface area (Å²) in [7, 11) is 0. The van der Waals surface area contributed by atoms with Crippen molar-refractivity contribution in [1.82, 2.24) is 44.9 Å². The van der Waals surface area contributed by atoms with Gasteiger partial charge in [-0.2, -0.15) is 0 Å². The largest absolute Gasteiger partial charge is 0.470 e. The van der Waals surface area contributed by atoms with Crippen molar-refractivity contribution in [2.45, 2.75) is 76.2 Å². The Kier molecular flexibility index (Phi) is 32.0. The van der Waals surface area contributed by atoms with Crippen molar-refractivity contribution in [3.63, 3.8) is 0 Å². The van der Waals surface area contributed by atoms with Crippen molar-refractivity contribution < 1.29 is 28.7 Å². The number of hydrogen-bond acceptors (Lipinski definition) is 14. The molecule has 0 aliphatic carbocycles. The number of imidazole rings is 1. The van der Waals surface area contributed by atoms with Gasteiger partial charge in [-0.1, -0.05) is 36.4 Å². The molecule has 14 rings (SSSR count). The summed E-state index contributed by atoms with van der Waals surface area (Å²) in [5, 5.41) is 19.5. The maximum Gasteiger partial charge on any atom is 0.225 e. The van der Waals surface area contributed by atoms with Crippen LogP contribution in [-0.2, 0) is 0 Å². The van der Waals surface area contributed by atoms with E-state index in [2.05, 4.69) is 113 Å². The molecule has 0 aliphatic rings. The molecule has 0 bridgehead atoms. The molecule has 0 radical (unpaired) electrons. The van der Waals surface area contributed by atoms with E-state index in [9.17, 15) is 0 Å². The van der Waals surface area contributed by atoms with Crippen LogP contribution in [0.3, 0.4) is 0 Å². The van der Waals surface area contributed by atoms with Gasteiger partial charge in [-0.15, -0.1) is 22.7 Å². The van der Waals surface area contributed by atoms with Gasteiger partial charge in [0.15, 0.2) is 12.0 Å². The van der Waals surface area contributed by atoms with Crippen molar-refractivity contribution in [2.75, 3.05) is 0 Å². The van der Waals surface area contributed by atoms with Gasteiger partial charge in [0.05, 0.1) is 45.0 Å². The second kappa shape index (κ2) is 40.2. The second-order valence-corrected chi connectivity index (χ2v) is 20.9. The molecule has 0 spiro atoms. The molecule has 0 unspecified atom stereocenters. The van der Waals surface area contributed by atoms with Crippen LogP contribution in [0.1, 0.15) is 61.0 Å². The highest BCUT2D eigenvalue weighted by Crippen LogP contribution is 2.18. The van der Waals surface area contributed by atoms with Crippen molar-refractivity contribution in [3.05, 3.63) is 311 Å². The van der Waals surface area contributed by atoms with Crippen LogP contribution in [0.4, 0.5) is 0 Å². The predicted octanol–water partition coefficient (Wildman–Crippen LogP) is 16.3. The Morgan fingerprint density at radius 3 is 1.59 bits per heavy atom. The maximum atomic E-state index is 8.73. The molecule has 14 aromatic rings. The van der Waals surface area contributed by atoms with Crippen molar-refractivity contribution >= 4 is 55.0 Å². The Balaban J connectivity index is 0.000000204. The SMILES string of the molecule is Cc1cc[n+](O)cc1.Cc1ccc2nc[nH]c2c1.Cc1ccc2ncoc2c1.Cc1ccc2ncsc2c1.Cc1ccc[n+](O)c1.Cc1ccccn1.Cc1cccnc1.Cc1ccco1.Cc1cccs1.Cc1ccncc1.Cc1cnccn1. The molecule has 11 heterocycles. The second-order valence-electron chi connectivity index (χ2n) is 18.9. The monoisotopic (exact) mass is 1190 g/mol. The number of pyridine rings is 5. The Morgan fingerprint density at radius 2 is 1.12 bits per heavy atom. The van der Waals surface area contributed by atoms with E-state index < -0.39 is 0 Å². The highest BCUT2D eigenvalue weighted by Gasteiger charge is 1.97. The molecule has 442 valence electrons. The van der Waals surface area contributed by atoms with Crippen LogP contribution in [0.25, 0.3) is 32.3 Å². The first-order chi connectivity index (χ1) is 41.5. The number of hydrogen-bond donors (Lipinski definition) is 3. The summed E-state index contributed by atoms with van der Waals surface area (Å²) in [6, 6.07) is 47.5. The van der Waals surface area contributed by atoms with E-state index in [1.54, 1.807) is 109 Å². The lowest BCUT2D eigenvalue weighted by molar-refractivity contribution is -0.905. The van der Waals surface area contributed by atoms with Gasteiger partial charge >= 0.3 is 0 Å². The molecule has 86 heavy (non-hydrogen) atoms. The predicted molar refractivity (Wildman–Crippen MR) is 347 cm³/mol. The number of H-pyrrole nitrogens is 1. The molecule has 0 aliphatic heterocycles. The molecule has 15 nitrogen and oxygen atoms in total. The molecule has 0 amide bonds. The third-order valence-electron chi connectivity index (χ3n) is 11.0. The lowest BCUT2D eigenvalue weighted by atomic mass is 10.2. The molecule has 3 aromatic carbocycles. The lowest BCUT2D eigenvalue weighted by Gasteiger charge is -1.89. The topological polar surface area (TPSA) is 193 Å². The number of thiazole rings is 1. The van der Waals surface area contributed by atoms with Crippen LogP contribution in [0.2, 0.25) is 0 Å². The number of nitrogens with zero attached hydrogens (tertiary/aromatic N) is 10. The summed E-state index contributed by atoms with van der Waals surface area (Å²) in [5.74, 6) is 0.968. The van der Waals surface area contributed by atoms with Crippen LogP contribution < -0.4 is 9.46 Å². The molecule has 11 aromatic heterocycles. The van der Waals surface area contributed by atoms with E-state index in [4.69, 9.17) is 19.2 Å². The lowest BCUT2D eigenvalue weighted by Crippen LogP contribution is -2.28. The Morgan fingerprint density at radius 1 is 0.430 bits per heavy atom. The Hall–Kier alpha value is -10.1. The van der Waals surface area contributed by atoms with Crippen LogP contribution in [0, 0.1) is 76.2 Å². The summed E-state index contributed by atoms with van der Waals surface area (Å²) >= 11 is 3.47. The molecular formula is C69H77N11O4S2+2. The number of thiophene rings is 1. The molecule has 0 saturated heterocycles. The average Bonchev–Trinajstić information content (AvgIpc) is 4.61. The molecule has 0 saturated carbocycles. The highest BCUT2D eigenvalue weighted by molar-refractivity contribution is 7.16. The van der Waals surface area contributed by atoms with Crippen LogP contribution in [0.15, 0.2) is 259 Å². The fourth-order valence-corrected chi connectivity index (χ4v) is 7.77. The minimum Gasteiger partial charge on any atom is -0.470 e. The van der Waals surface area contributed by atoms with E-state index in [1.165, 1.54) is 43.8 Å². The quantitative estimate of drug-likeness (QED) is 0.0962. The molecule has 17 heteroatoms. The van der Waals surface area contributed by atoms with Crippen LogP contribution in [-0.4, -0.2) is 55.3 Å². The van der Waals surface area contributed by atoms with E-state index in [0.717, 1.165) is 65.4 Å². The number of rotatable bonds is 0. The highest BCUT2D eigenvalue weighted by atomic mass is 32.1. The Labute approximate surface area is 512 Å². The fraction of sp³-hybridized carbons (Fsp3) is 0.159. The molecule has 0 fully saturated rings. The summed E-state index contributed by atoms with van der Waals surface area (Å²) < 4.78 is 13.3. The van der Waals surface area contributed by atoms with Crippen molar-refractivity contribution in [2.24, 2.45) is 0 Å². The minimum absolute atomic E-state index is 0.861. The van der Waals surface area contributed by atoms with Crippen molar-refractivity contribution in [1.29, 1.82) is 0 Å². The first kappa shape index (κ1) is 68.4. The van der Waals surface area contributed by atoms with Gasteiger partial charge in [0, 0.05) is 93.4 Å². The maximum absolute atomic E-state index is 8.73. The standard InChI is InChI=1S/C8H8N2.C8H7NO.C8H7NS.2C6H8NO.3C6H7N.C5H6N2.C5H6O.C5H6S/c3*1-6-2-3-7-8(4-6)10-5-9-7;1-6-2-4-7(8)5-3-6;1-6-3-2-4-7(8)5-6;1-6-2-4-7-5-3-6;1-6-3-2-4-7-5-6;1-6-4-2-3-5-7-6;1-5-4-6-2-3-7-5;2*1-5-3-2-4-6-5/h2-5H,1H3,(H,9,10);2*2-5H,1H3;2*2-5,8H,1H3;3*2-5H,1H3;2-4H,1H3;2*2-4H,1H3/q;;;2*+1;;;;;;. The van der Waals surface area contributed by atoms with E-state index in [-0.39, 0.29) is 0 Å². The minimum atomic E-state index is 0.861. The van der Waals surface area contributed by atoms with Gasteiger partial charge < -0.3 is 13.8 Å².